The maximum Gasteiger partial charge on any atom is 0.126 e. The first-order valence-electron chi connectivity index (χ1n) is 6.58. The summed E-state index contributed by atoms with van der Waals surface area (Å²) >= 11 is 1.63. The van der Waals surface area contributed by atoms with Gasteiger partial charge >= 0.3 is 0 Å². The standard InChI is InChI=1S/C15H17FN2S/c1-15(18-12-6-7-12,14-17-8-9-19-14)10-11-4-2-3-5-13(11)16/h2-5,8-9,12,18H,6-7,10H2,1H3. The highest BCUT2D eigenvalue weighted by atomic mass is 32.1. The Hall–Kier alpha value is -1.26. The van der Waals surface area contributed by atoms with Crippen molar-refractivity contribution in [1.29, 1.82) is 0 Å². The van der Waals surface area contributed by atoms with Gasteiger partial charge in [0.25, 0.3) is 0 Å². The summed E-state index contributed by atoms with van der Waals surface area (Å²) in [5, 5.41) is 6.63. The van der Waals surface area contributed by atoms with Crippen LogP contribution in [0.1, 0.15) is 30.3 Å². The summed E-state index contributed by atoms with van der Waals surface area (Å²) < 4.78 is 13.9. The molecular weight excluding hydrogens is 259 g/mol. The Labute approximate surface area is 116 Å². The van der Waals surface area contributed by atoms with Crippen LogP contribution in [-0.2, 0) is 12.0 Å². The minimum absolute atomic E-state index is 0.136. The van der Waals surface area contributed by atoms with E-state index in [1.54, 1.807) is 17.4 Å². The van der Waals surface area contributed by atoms with E-state index in [0.717, 1.165) is 10.6 Å². The molecule has 1 unspecified atom stereocenters. The minimum Gasteiger partial charge on any atom is -0.303 e. The van der Waals surface area contributed by atoms with Crippen molar-refractivity contribution in [2.75, 3.05) is 0 Å². The number of nitrogens with zero attached hydrogens (tertiary/aromatic N) is 1. The molecular formula is C15H17FN2S. The van der Waals surface area contributed by atoms with Gasteiger partial charge in [-0.05, 0) is 37.8 Å². The van der Waals surface area contributed by atoms with Gasteiger partial charge in [0, 0.05) is 17.6 Å². The first-order chi connectivity index (χ1) is 9.17. The fourth-order valence-electron chi connectivity index (χ4n) is 2.39. The first-order valence-corrected chi connectivity index (χ1v) is 7.46. The van der Waals surface area contributed by atoms with Crippen LogP contribution in [0.2, 0.25) is 0 Å². The summed E-state index contributed by atoms with van der Waals surface area (Å²) in [6, 6.07) is 7.55. The van der Waals surface area contributed by atoms with E-state index in [9.17, 15) is 4.39 Å². The molecule has 0 saturated heterocycles. The monoisotopic (exact) mass is 276 g/mol. The molecule has 1 saturated carbocycles. The minimum atomic E-state index is -0.280. The van der Waals surface area contributed by atoms with Crippen molar-refractivity contribution in [3.63, 3.8) is 0 Å². The highest BCUT2D eigenvalue weighted by Crippen LogP contribution is 2.32. The average molecular weight is 276 g/mol. The molecule has 1 N–H and O–H groups in total. The van der Waals surface area contributed by atoms with E-state index < -0.39 is 0 Å². The molecule has 1 atom stereocenters. The molecule has 3 rings (SSSR count). The van der Waals surface area contributed by atoms with Crippen molar-refractivity contribution in [2.45, 2.75) is 37.8 Å². The Bertz CT molecular complexity index is 551. The number of benzene rings is 1. The highest BCUT2D eigenvalue weighted by Gasteiger charge is 2.36. The second-order valence-electron chi connectivity index (χ2n) is 5.36. The van der Waals surface area contributed by atoms with Gasteiger partial charge in [-0.25, -0.2) is 9.37 Å². The molecule has 1 aromatic heterocycles. The van der Waals surface area contributed by atoms with Gasteiger partial charge in [-0.1, -0.05) is 18.2 Å². The molecule has 1 aliphatic rings. The zero-order valence-electron chi connectivity index (χ0n) is 10.9. The molecule has 1 heterocycles. The molecule has 2 nitrogen and oxygen atoms in total. The van der Waals surface area contributed by atoms with Crippen molar-refractivity contribution >= 4 is 11.3 Å². The highest BCUT2D eigenvalue weighted by molar-refractivity contribution is 7.09. The Morgan fingerprint density at radius 3 is 2.84 bits per heavy atom. The van der Waals surface area contributed by atoms with Crippen molar-refractivity contribution in [1.82, 2.24) is 10.3 Å². The number of aromatic nitrogens is 1. The summed E-state index contributed by atoms with van der Waals surface area (Å²) in [5.74, 6) is -0.136. The fourth-order valence-corrected chi connectivity index (χ4v) is 3.15. The van der Waals surface area contributed by atoms with E-state index in [-0.39, 0.29) is 11.4 Å². The quantitative estimate of drug-likeness (QED) is 0.904. The fraction of sp³-hybridized carbons (Fsp3) is 0.400. The van der Waals surface area contributed by atoms with Crippen molar-refractivity contribution in [2.24, 2.45) is 0 Å². The van der Waals surface area contributed by atoms with Crippen LogP contribution in [-0.4, -0.2) is 11.0 Å². The molecule has 1 fully saturated rings. The zero-order valence-corrected chi connectivity index (χ0v) is 11.7. The molecule has 0 aliphatic heterocycles. The van der Waals surface area contributed by atoms with Gasteiger partial charge in [0.05, 0.1) is 5.54 Å². The van der Waals surface area contributed by atoms with E-state index in [1.807, 2.05) is 23.7 Å². The van der Waals surface area contributed by atoms with Crippen LogP contribution in [0.3, 0.4) is 0 Å². The summed E-state index contributed by atoms with van der Waals surface area (Å²) in [6.07, 6.45) is 4.86. The Kier molecular flexibility index (Phi) is 3.37. The third kappa shape index (κ3) is 2.85. The molecule has 1 aromatic carbocycles. The van der Waals surface area contributed by atoms with E-state index in [2.05, 4.69) is 17.2 Å². The molecule has 0 spiro atoms. The molecule has 0 bridgehead atoms. The number of halogens is 1. The largest absolute Gasteiger partial charge is 0.303 e. The SMILES string of the molecule is CC(Cc1ccccc1F)(NC1CC1)c1nccs1. The Balaban J connectivity index is 1.89. The van der Waals surface area contributed by atoms with Gasteiger partial charge in [-0.3, -0.25) is 0 Å². The van der Waals surface area contributed by atoms with Crippen LogP contribution in [0.4, 0.5) is 4.39 Å². The lowest BCUT2D eigenvalue weighted by atomic mass is 9.92. The smallest absolute Gasteiger partial charge is 0.126 e. The van der Waals surface area contributed by atoms with Crippen LogP contribution in [0, 0.1) is 5.82 Å². The summed E-state index contributed by atoms with van der Waals surface area (Å²) in [7, 11) is 0. The lowest BCUT2D eigenvalue weighted by molar-refractivity contribution is 0.353. The van der Waals surface area contributed by atoms with Gasteiger partial charge < -0.3 is 5.32 Å². The van der Waals surface area contributed by atoms with Gasteiger partial charge in [0.15, 0.2) is 0 Å². The number of hydrogen-bond donors (Lipinski definition) is 1. The zero-order chi connectivity index (χ0) is 13.3. The maximum atomic E-state index is 13.9. The third-order valence-corrected chi connectivity index (χ3v) is 4.54. The molecule has 4 heteroatoms. The summed E-state index contributed by atoms with van der Waals surface area (Å²) in [5.41, 5.74) is 0.464. The Morgan fingerprint density at radius 1 is 1.42 bits per heavy atom. The van der Waals surface area contributed by atoms with Crippen LogP contribution < -0.4 is 5.32 Å². The molecule has 0 radical (unpaired) electrons. The lowest BCUT2D eigenvalue weighted by Crippen LogP contribution is -2.43. The van der Waals surface area contributed by atoms with E-state index in [0.29, 0.717) is 12.5 Å². The normalized spacial score (nSPS) is 18.2. The van der Waals surface area contributed by atoms with Crippen molar-refractivity contribution < 1.29 is 4.39 Å². The van der Waals surface area contributed by atoms with Crippen LogP contribution in [0.25, 0.3) is 0 Å². The van der Waals surface area contributed by atoms with Crippen LogP contribution >= 0.6 is 11.3 Å². The second kappa shape index (κ2) is 5.02. The van der Waals surface area contributed by atoms with E-state index in [1.165, 1.54) is 18.9 Å². The summed E-state index contributed by atoms with van der Waals surface area (Å²) in [6.45, 7) is 2.12. The number of nitrogens with one attached hydrogen (secondary N) is 1. The van der Waals surface area contributed by atoms with Crippen molar-refractivity contribution in [3.05, 3.63) is 52.2 Å². The molecule has 0 amide bonds. The van der Waals surface area contributed by atoms with Crippen LogP contribution in [0.5, 0.6) is 0 Å². The lowest BCUT2D eigenvalue weighted by Gasteiger charge is -2.29. The number of thiazole rings is 1. The first kappa shape index (κ1) is 12.8. The van der Waals surface area contributed by atoms with E-state index >= 15 is 0 Å². The van der Waals surface area contributed by atoms with Gasteiger partial charge in [-0.2, -0.15) is 0 Å². The predicted octanol–water partition coefficient (Wildman–Crippen LogP) is 3.49. The number of hydrogen-bond acceptors (Lipinski definition) is 3. The Morgan fingerprint density at radius 2 is 2.21 bits per heavy atom. The molecule has 1 aliphatic carbocycles. The van der Waals surface area contributed by atoms with Gasteiger partial charge in [0.1, 0.15) is 10.8 Å². The van der Waals surface area contributed by atoms with Gasteiger partial charge in [0.2, 0.25) is 0 Å². The maximum absolute atomic E-state index is 13.9. The summed E-state index contributed by atoms with van der Waals surface area (Å²) in [4.78, 5) is 4.43. The molecule has 2 aromatic rings. The number of rotatable bonds is 5. The van der Waals surface area contributed by atoms with Crippen molar-refractivity contribution in [3.8, 4) is 0 Å². The van der Waals surface area contributed by atoms with Crippen LogP contribution in [0.15, 0.2) is 35.8 Å². The predicted molar refractivity (Wildman–Crippen MR) is 75.7 cm³/mol. The third-order valence-electron chi connectivity index (χ3n) is 3.51. The second-order valence-corrected chi connectivity index (χ2v) is 6.25. The van der Waals surface area contributed by atoms with E-state index in [4.69, 9.17) is 0 Å². The molecule has 100 valence electrons. The average Bonchev–Trinajstić information content (AvgIpc) is 3.02. The molecule has 19 heavy (non-hydrogen) atoms. The van der Waals surface area contributed by atoms with Gasteiger partial charge in [-0.15, -0.1) is 11.3 Å². The topological polar surface area (TPSA) is 24.9 Å².